The highest BCUT2D eigenvalue weighted by Gasteiger charge is 2.21. The van der Waals surface area contributed by atoms with Crippen LogP contribution in [-0.4, -0.2) is 40.5 Å². The number of carbonyl (C=O) groups is 2. The Morgan fingerprint density at radius 3 is 2.81 bits per heavy atom. The molecule has 0 saturated heterocycles. The van der Waals surface area contributed by atoms with Gasteiger partial charge >= 0.3 is 5.97 Å². The molecule has 11 heteroatoms. The molecular weight excluding hydrogens is 396 g/mol. The van der Waals surface area contributed by atoms with E-state index < -0.39 is 17.7 Å². The van der Waals surface area contributed by atoms with Crippen molar-refractivity contribution in [3.05, 3.63) is 35.3 Å². The number of nitrogens with zero attached hydrogens (tertiary/aromatic N) is 3. The van der Waals surface area contributed by atoms with E-state index in [0.717, 1.165) is 22.0 Å². The van der Waals surface area contributed by atoms with Crippen LogP contribution in [0.15, 0.2) is 39.1 Å². The van der Waals surface area contributed by atoms with E-state index >= 15 is 0 Å². The number of anilines is 1. The number of ether oxygens (including phenoxy) is 1. The molecule has 8 nitrogen and oxygen atoms in total. The van der Waals surface area contributed by atoms with E-state index in [1.54, 1.807) is 5.38 Å². The number of rotatable bonds is 6. The molecule has 134 valence electrons. The predicted molar refractivity (Wildman–Crippen MR) is 102 cm³/mol. The van der Waals surface area contributed by atoms with Crippen molar-refractivity contribution in [3.8, 4) is 0 Å². The van der Waals surface area contributed by atoms with E-state index in [4.69, 9.17) is 10.6 Å². The van der Waals surface area contributed by atoms with Gasteiger partial charge in [-0.15, -0.1) is 22.7 Å². The van der Waals surface area contributed by atoms with Crippen molar-refractivity contribution >= 4 is 66.6 Å². The second-order valence-corrected chi connectivity index (χ2v) is 7.84. The van der Waals surface area contributed by atoms with Crippen molar-refractivity contribution in [2.45, 2.75) is 4.34 Å². The zero-order chi connectivity index (χ0) is 18.5. The molecule has 0 bridgehead atoms. The van der Waals surface area contributed by atoms with Gasteiger partial charge in [0.15, 0.2) is 15.2 Å². The van der Waals surface area contributed by atoms with E-state index in [0.29, 0.717) is 9.47 Å². The summed E-state index contributed by atoms with van der Waals surface area (Å²) >= 11 is 3.47. The van der Waals surface area contributed by atoms with Crippen molar-refractivity contribution in [2.24, 2.45) is 5.16 Å². The minimum atomic E-state index is -0.614. The maximum absolute atomic E-state index is 12.7. The molecule has 0 amide bonds. The molecule has 0 aliphatic rings. The van der Waals surface area contributed by atoms with E-state index in [1.807, 2.05) is 24.3 Å². The predicted octanol–water partition coefficient (Wildman–Crippen LogP) is 2.55. The molecule has 1 aromatic carbocycles. The Bertz CT molecular complexity index is 949. The Kier molecular flexibility index (Phi) is 5.81. The summed E-state index contributed by atoms with van der Waals surface area (Å²) in [6.45, 7) is -0.418. The monoisotopic (exact) mass is 408 g/mol. The largest absolute Gasteiger partial charge is 0.466 e. The number of oxime groups is 1. The second-order valence-electron chi connectivity index (χ2n) is 4.70. The summed E-state index contributed by atoms with van der Waals surface area (Å²) in [5.74, 6) is -0.614. The second kappa shape index (κ2) is 8.25. The smallest absolute Gasteiger partial charge is 0.346 e. The van der Waals surface area contributed by atoms with Crippen molar-refractivity contribution in [3.63, 3.8) is 0 Å². The lowest BCUT2D eigenvalue weighted by atomic mass is 10.3. The van der Waals surface area contributed by atoms with Crippen LogP contribution >= 0.6 is 34.4 Å². The lowest BCUT2D eigenvalue weighted by Crippen LogP contribution is -2.15. The van der Waals surface area contributed by atoms with Gasteiger partial charge in [0.25, 0.3) is 0 Å². The van der Waals surface area contributed by atoms with Crippen LogP contribution in [0, 0.1) is 0 Å². The summed E-state index contributed by atoms with van der Waals surface area (Å²) in [6.07, 6.45) is 0. The summed E-state index contributed by atoms with van der Waals surface area (Å²) in [4.78, 5) is 37.2. The summed E-state index contributed by atoms with van der Waals surface area (Å²) in [7, 11) is 1.23. The van der Waals surface area contributed by atoms with Gasteiger partial charge in [-0.2, -0.15) is 0 Å². The van der Waals surface area contributed by atoms with Crippen molar-refractivity contribution in [1.82, 2.24) is 9.97 Å². The number of carbonyl (C=O) groups excluding carboxylic acids is 2. The molecule has 0 aliphatic carbocycles. The summed E-state index contributed by atoms with van der Waals surface area (Å²) in [5, 5.41) is 5.22. The Morgan fingerprint density at radius 2 is 2.12 bits per heavy atom. The Labute approximate surface area is 160 Å². The minimum absolute atomic E-state index is 0.0499. The molecule has 2 heterocycles. The first-order valence-electron chi connectivity index (χ1n) is 7.12. The van der Waals surface area contributed by atoms with Crippen LogP contribution in [0.3, 0.4) is 0 Å². The molecule has 0 saturated carbocycles. The first-order valence-corrected chi connectivity index (χ1v) is 9.64. The van der Waals surface area contributed by atoms with Gasteiger partial charge < -0.3 is 15.3 Å². The van der Waals surface area contributed by atoms with E-state index in [1.165, 1.54) is 29.8 Å². The number of thioether (sulfide) groups is 1. The van der Waals surface area contributed by atoms with Crippen molar-refractivity contribution in [2.75, 3.05) is 19.5 Å². The molecule has 0 atom stereocenters. The quantitative estimate of drug-likeness (QED) is 0.286. The van der Waals surface area contributed by atoms with Gasteiger partial charge in [0.1, 0.15) is 5.69 Å². The molecule has 0 aliphatic heterocycles. The lowest BCUT2D eigenvalue weighted by Gasteiger charge is -2.02. The molecule has 0 spiro atoms. The number of nitrogen functional groups attached to an aromatic ring is 1. The first-order chi connectivity index (χ1) is 12.6. The van der Waals surface area contributed by atoms with Crippen LogP contribution < -0.4 is 5.73 Å². The third kappa shape index (κ3) is 4.36. The molecule has 2 N–H and O–H groups in total. The Hall–Kier alpha value is -2.50. The van der Waals surface area contributed by atoms with Gasteiger partial charge in [-0.25, -0.2) is 14.8 Å². The number of hydrogen-bond acceptors (Lipinski definition) is 11. The van der Waals surface area contributed by atoms with Gasteiger partial charge in [-0.05, 0) is 23.9 Å². The van der Waals surface area contributed by atoms with Gasteiger partial charge in [0.05, 0.1) is 17.3 Å². The van der Waals surface area contributed by atoms with Crippen LogP contribution in [0.25, 0.3) is 10.2 Å². The number of thiazole rings is 2. The molecule has 0 unspecified atom stereocenters. The maximum Gasteiger partial charge on any atom is 0.346 e. The van der Waals surface area contributed by atoms with Gasteiger partial charge in [-0.1, -0.05) is 17.3 Å². The molecule has 2 aromatic heterocycles. The topological polar surface area (TPSA) is 117 Å². The third-order valence-electron chi connectivity index (χ3n) is 2.98. The van der Waals surface area contributed by atoms with Gasteiger partial charge in [-0.3, -0.25) is 4.79 Å². The summed E-state index contributed by atoms with van der Waals surface area (Å²) in [6, 6.07) is 7.58. The van der Waals surface area contributed by atoms with Crippen LogP contribution in [0.2, 0.25) is 0 Å². The normalized spacial score (nSPS) is 11.5. The van der Waals surface area contributed by atoms with Crippen molar-refractivity contribution in [1.29, 1.82) is 0 Å². The SMILES string of the molecule is COC(=O)CO/N=C(\C(=O)Sc1nc2ccccc2s1)c1csc(N)n1. The van der Waals surface area contributed by atoms with E-state index in [9.17, 15) is 9.59 Å². The van der Waals surface area contributed by atoms with Crippen LogP contribution in [0.4, 0.5) is 5.13 Å². The highest BCUT2D eigenvalue weighted by atomic mass is 32.2. The first kappa shape index (κ1) is 18.3. The zero-order valence-corrected chi connectivity index (χ0v) is 15.8. The fourth-order valence-electron chi connectivity index (χ4n) is 1.82. The fourth-order valence-corrected chi connectivity index (χ4v) is 4.26. The van der Waals surface area contributed by atoms with Crippen LogP contribution in [0.1, 0.15) is 5.69 Å². The Balaban J connectivity index is 1.81. The average molecular weight is 408 g/mol. The molecule has 0 radical (unpaired) electrons. The summed E-state index contributed by atoms with van der Waals surface area (Å²) < 4.78 is 6.01. The maximum atomic E-state index is 12.7. The van der Waals surface area contributed by atoms with Crippen molar-refractivity contribution < 1.29 is 19.2 Å². The van der Waals surface area contributed by atoms with Crippen LogP contribution in [-0.2, 0) is 19.2 Å². The number of esters is 1. The summed E-state index contributed by atoms with van der Waals surface area (Å²) in [5.41, 5.74) is 6.66. The van der Waals surface area contributed by atoms with E-state index in [-0.39, 0.29) is 11.4 Å². The number of fused-ring (bicyclic) bond motifs is 1. The minimum Gasteiger partial charge on any atom is -0.466 e. The molecular formula is C15H12N4O4S3. The molecule has 26 heavy (non-hydrogen) atoms. The van der Waals surface area contributed by atoms with Gasteiger partial charge in [0.2, 0.25) is 11.7 Å². The Morgan fingerprint density at radius 1 is 1.31 bits per heavy atom. The number of aromatic nitrogens is 2. The number of hydrogen-bond donors (Lipinski definition) is 1. The molecule has 3 rings (SSSR count). The van der Waals surface area contributed by atoms with E-state index in [2.05, 4.69) is 19.9 Å². The fraction of sp³-hybridized carbons (Fsp3) is 0.133. The lowest BCUT2D eigenvalue weighted by molar-refractivity contribution is -0.145. The highest BCUT2D eigenvalue weighted by molar-refractivity contribution is 8.16. The van der Waals surface area contributed by atoms with Gasteiger partial charge in [0, 0.05) is 5.38 Å². The molecule has 3 aromatic rings. The zero-order valence-electron chi connectivity index (χ0n) is 13.4. The number of methoxy groups -OCH3 is 1. The standard InChI is InChI=1S/C15H12N4O4S3/c1-22-11(20)6-23-19-12(9-7-24-14(16)17-9)13(21)26-15-18-8-4-2-3-5-10(8)25-15/h2-5,7H,6H2,1H3,(H2,16,17)/b19-12-. The average Bonchev–Trinajstić information content (AvgIpc) is 3.23. The third-order valence-corrected chi connectivity index (χ3v) is 5.63. The van der Waals surface area contributed by atoms with Crippen LogP contribution in [0.5, 0.6) is 0 Å². The number of nitrogens with two attached hydrogens (primary N) is 1. The number of benzene rings is 1. The highest BCUT2D eigenvalue weighted by Crippen LogP contribution is 2.30. The molecule has 0 fully saturated rings. The number of para-hydroxylation sites is 1.